The van der Waals surface area contributed by atoms with E-state index in [9.17, 15) is 9.18 Å². The van der Waals surface area contributed by atoms with Gasteiger partial charge < -0.3 is 34.0 Å². The van der Waals surface area contributed by atoms with Crippen LogP contribution in [0.15, 0.2) is 53.1 Å². The molecule has 1 amide bonds. The largest absolute Gasteiger partial charge is 0.488 e. The van der Waals surface area contributed by atoms with E-state index in [0.717, 1.165) is 48.8 Å². The molecule has 0 unspecified atom stereocenters. The Bertz CT molecular complexity index is 1550. The maximum Gasteiger partial charge on any atom is 0.414 e. The zero-order chi connectivity index (χ0) is 28.5. The third kappa shape index (κ3) is 6.96. The highest BCUT2D eigenvalue weighted by Gasteiger charge is 2.34. The number of benzene rings is 2. The van der Waals surface area contributed by atoms with Crippen LogP contribution in [0.2, 0.25) is 0 Å². The summed E-state index contributed by atoms with van der Waals surface area (Å²) in [7, 11) is 0. The van der Waals surface area contributed by atoms with Crippen molar-refractivity contribution in [2.45, 2.75) is 63.6 Å². The van der Waals surface area contributed by atoms with Crippen LogP contribution in [0.5, 0.6) is 11.6 Å². The van der Waals surface area contributed by atoms with Gasteiger partial charge in [-0.3, -0.25) is 0 Å². The Morgan fingerprint density at radius 1 is 1.00 bits per heavy atom. The minimum Gasteiger partial charge on any atom is -0.488 e. The molecule has 0 bridgehead atoms. The predicted octanol–water partition coefficient (Wildman–Crippen LogP) is 7.29. The van der Waals surface area contributed by atoms with Crippen LogP contribution in [-0.4, -0.2) is 65.7 Å². The molecular weight excluding hydrogens is 606 g/mol. The summed E-state index contributed by atoms with van der Waals surface area (Å²) in [6.07, 6.45) is 9.71. The molecular formula is C33H41Cl2FN4O4. The summed E-state index contributed by atoms with van der Waals surface area (Å²) in [4.78, 5) is 21.3. The van der Waals surface area contributed by atoms with E-state index in [1.807, 2.05) is 18.2 Å². The number of ether oxygens (including phenoxy) is 2. The second-order valence-corrected chi connectivity index (χ2v) is 12.1. The molecule has 2 aromatic heterocycles. The molecule has 11 heteroatoms. The average Bonchev–Trinajstić information content (AvgIpc) is 3.62. The molecule has 0 saturated carbocycles. The molecule has 3 saturated heterocycles. The molecule has 7 rings (SSSR count). The summed E-state index contributed by atoms with van der Waals surface area (Å²) in [6.45, 7) is 5.92. The van der Waals surface area contributed by atoms with Crippen molar-refractivity contribution in [1.29, 1.82) is 0 Å². The fraction of sp³-hybridized carbons (Fsp3) is 0.485. The molecule has 44 heavy (non-hydrogen) atoms. The number of likely N-dealkylation sites (tertiary alicyclic amines) is 1. The van der Waals surface area contributed by atoms with Crippen LogP contribution in [0, 0.1) is 11.7 Å². The molecule has 2 aromatic carbocycles. The lowest BCUT2D eigenvalue weighted by Crippen LogP contribution is -2.52. The Balaban J connectivity index is 0.00000192. The van der Waals surface area contributed by atoms with Crippen molar-refractivity contribution in [2.75, 3.05) is 32.7 Å². The Labute approximate surface area is 269 Å². The quantitative estimate of drug-likeness (QED) is 0.219. The van der Waals surface area contributed by atoms with Gasteiger partial charge in [-0.25, -0.2) is 9.18 Å². The number of rotatable bonds is 7. The van der Waals surface area contributed by atoms with Gasteiger partial charge in [0.25, 0.3) is 0 Å². The van der Waals surface area contributed by atoms with Gasteiger partial charge in [0, 0.05) is 48.7 Å². The van der Waals surface area contributed by atoms with Crippen LogP contribution in [0.4, 0.5) is 9.18 Å². The maximum absolute atomic E-state index is 14.3. The SMILES string of the molecule is Cl.Cl.O=C(NC1CCN(C[C@@H]2CCCN3CCCC[C@H]23)CC1)Oc1cc2c(OCc3coc4cccc(F)c34)cccc2[nH]1. The predicted molar refractivity (Wildman–Crippen MR) is 174 cm³/mol. The van der Waals surface area contributed by atoms with E-state index in [2.05, 4.69) is 20.1 Å². The van der Waals surface area contributed by atoms with E-state index in [1.54, 1.807) is 18.2 Å². The molecule has 3 aliphatic heterocycles. The first-order valence-electron chi connectivity index (χ1n) is 15.4. The number of hydrogen-bond donors (Lipinski definition) is 2. The lowest BCUT2D eigenvalue weighted by molar-refractivity contribution is 0.0353. The number of aromatic nitrogens is 1. The zero-order valence-electron chi connectivity index (χ0n) is 24.8. The molecule has 2 atom stereocenters. The van der Waals surface area contributed by atoms with Gasteiger partial charge in [0.15, 0.2) is 0 Å². The van der Waals surface area contributed by atoms with Crippen molar-refractivity contribution in [3.05, 3.63) is 60.1 Å². The Kier molecular flexibility index (Phi) is 10.6. The van der Waals surface area contributed by atoms with E-state index in [4.69, 9.17) is 13.9 Å². The van der Waals surface area contributed by atoms with Crippen molar-refractivity contribution in [3.8, 4) is 11.6 Å². The summed E-state index contributed by atoms with van der Waals surface area (Å²) in [5.41, 5.74) is 1.90. The van der Waals surface area contributed by atoms with Crippen LogP contribution in [0.3, 0.4) is 0 Å². The number of nitrogens with zero attached hydrogens (tertiary/aromatic N) is 2. The van der Waals surface area contributed by atoms with E-state index >= 15 is 0 Å². The van der Waals surface area contributed by atoms with Gasteiger partial charge in [-0.1, -0.05) is 18.6 Å². The molecule has 0 spiro atoms. The van der Waals surface area contributed by atoms with Crippen molar-refractivity contribution >= 4 is 52.8 Å². The van der Waals surface area contributed by atoms with Crippen molar-refractivity contribution < 1.29 is 23.1 Å². The fourth-order valence-corrected chi connectivity index (χ4v) is 7.33. The number of furan rings is 1. The first-order valence-corrected chi connectivity index (χ1v) is 15.4. The smallest absolute Gasteiger partial charge is 0.414 e. The monoisotopic (exact) mass is 646 g/mol. The maximum atomic E-state index is 14.3. The first-order chi connectivity index (χ1) is 20.6. The van der Waals surface area contributed by atoms with Crippen LogP contribution in [0.25, 0.3) is 21.9 Å². The molecule has 238 valence electrons. The van der Waals surface area contributed by atoms with Gasteiger partial charge >= 0.3 is 6.09 Å². The topological polar surface area (TPSA) is 83.0 Å². The van der Waals surface area contributed by atoms with Crippen LogP contribution >= 0.6 is 24.8 Å². The van der Waals surface area contributed by atoms with E-state index in [-0.39, 0.29) is 43.3 Å². The zero-order valence-corrected chi connectivity index (χ0v) is 26.4. The van der Waals surface area contributed by atoms with E-state index in [0.29, 0.717) is 28.2 Å². The minimum atomic E-state index is -0.451. The summed E-state index contributed by atoms with van der Waals surface area (Å²) in [6, 6.07) is 13.0. The summed E-state index contributed by atoms with van der Waals surface area (Å²) in [5, 5.41) is 4.27. The van der Waals surface area contributed by atoms with Gasteiger partial charge in [0.2, 0.25) is 5.88 Å². The van der Waals surface area contributed by atoms with Gasteiger partial charge in [0.05, 0.1) is 17.2 Å². The standard InChI is InChI=1S/C33H39FN4O4.2ClH/c34-26-7-3-11-30-32(26)23(21-41-30)20-40-29-10-4-8-27-25(29)18-31(36-27)42-33(39)35-24-12-16-37(17-13-24)19-22-6-5-15-38-14-2-1-9-28(22)38;;/h3-4,7-8,10-11,18,21-22,24,28,36H,1-2,5-6,9,12-17,19-20H2,(H,35,39);2*1H/t22-,28+;;/m0../s1. The molecule has 5 heterocycles. The minimum absolute atomic E-state index is 0. The van der Waals surface area contributed by atoms with Gasteiger partial charge in [0.1, 0.15) is 23.8 Å². The summed E-state index contributed by atoms with van der Waals surface area (Å²) >= 11 is 0. The van der Waals surface area contributed by atoms with E-state index in [1.165, 1.54) is 64.1 Å². The second-order valence-electron chi connectivity index (χ2n) is 12.1. The van der Waals surface area contributed by atoms with Crippen LogP contribution in [-0.2, 0) is 6.61 Å². The number of piperidine rings is 3. The second kappa shape index (κ2) is 14.4. The lowest BCUT2D eigenvalue weighted by Gasteiger charge is -2.46. The molecule has 8 nitrogen and oxygen atoms in total. The number of halogens is 3. The van der Waals surface area contributed by atoms with Crippen molar-refractivity contribution in [1.82, 2.24) is 20.1 Å². The summed E-state index contributed by atoms with van der Waals surface area (Å²) < 4.78 is 31.5. The third-order valence-corrected chi connectivity index (χ3v) is 9.44. The average molecular weight is 648 g/mol. The van der Waals surface area contributed by atoms with Crippen molar-refractivity contribution in [3.63, 3.8) is 0 Å². The lowest BCUT2D eigenvalue weighted by atomic mass is 9.83. The summed E-state index contributed by atoms with van der Waals surface area (Å²) in [5.74, 6) is 1.40. The van der Waals surface area contributed by atoms with Crippen LogP contribution < -0.4 is 14.8 Å². The molecule has 3 fully saturated rings. The first kappa shape index (κ1) is 32.4. The van der Waals surface area contributed by atoms with Gasteiger partial charge in [-0.2, -0.15) is 0 Å². The van der Waals surface area contributed by atoms with Crippen LogP contribution in [0.1, 0.15) is 50.5 Å². The number of fused-ring (bicyclic) bond motifs is 3. The third-order valence-electron chi connectivity index (χ3n) is 9.44. The number of carbonyl (C=O) groups is 1. The van der Waals surface area contributed by atoms with E-state index < -0.39 is 6.09 Å². The number of H-pyrrole nitrogens is 1. The number of aromatic amines is 1. The highest BCUT2D eigenvalue weighted by molar-refractivity contribution is 5.88. The number of amides is 1. The van der Waals surface area contributed by atoms with Gasteiger partial charge in [-0.05, 0) is 81.8 Å². The molecule has 2 N–H and O–H groups in total. The normalized spacial score (nSPS) is 21.3. The molecule has 4 aromatic rings. The highest BCUT2D eigenvalue weighted by atomic mass is 35.5. The molecule has 0 radical (unpaired) electrons. The van der Waals surface area contributed by atoms with Crippen molar-refractivity contribution in [2.24, 2.45) is 5.92 Å². The number of nitrogens with one attached hydrogen (secondary N) is 2. The number of carbonyl (C=O) groups excluding carboxylic acids is 1. The Hall–Kier alpha value is -2.98. The highest BCUT2D eigenvalue weighted by Crippen LogP contribution is 2.33. The Morgan fingerprint density at radius 2 is 1.82 bits per heavy atom. The Morgan fingerprint density at radius 3 is 2.68 bits per heavy atom. The van der Waals surface area contributed by atoms with Gasteiger partial charge in [-0.15, -0.1) is 24.8 Å². The molecule has 3 aliphatic rings. The number of hydrogen-bond acceptors (Lipinski definition) is 6. The molecule has 0 aliphatic carbocycles. The fourth-order valence-electron chi connectivity index (χ4n) is 7.33.